The highest BCUT2D eigenvalue weighted by Crippen LogP contribution is 2.38. The summed E-state index contributed by atoms with van der Waals surface area (Å²) in [7, 11) is 1.63. The second kappa shape index (κ2) is 6.36. The Labute approximate surface area is 132 Å². The van der Waals surface area contributed by atoms with E-state index in [0.717, 1.165) is 22.7 Å². The van der Waals surface area contributed by atoms with Crippen molar-refractivity contribution in [1.82, 2.24) is 4.98 Å². The smallest absolute Gasteiger partial charge is 0.182 e. The van der Waals surface area contributed by atoms with Gasteiger partial charge in [-0.2, -0.15) is 0 Å². The molecule has 0 aliphatic rings. The molecule has 0 aliphatic heterocycles. The first kappa shape index (κ1) is 14.2. The van der Waals surface area contributed by atoms with Gasteiger partial charge in [0.05, 0.1) is 12.8 Å². The summed E-state index contributed by atoms with van der Waals surface area (Å²) in [6.07, 6.45) is 0. The van der Waals surface area contributed by atoms with Crippen molar-refractivity contribution in [3.63, 3.8) is 0 Å². The zero-order chi connectivity index (χ0) is 15.4. The van der Waals surface area contributed by atoms with E-state index in [2.05, 4.69) is 15.2 Å². The van der Waals surface area contributed by atoms with Crippen LogP contribution in [-0.2, 0) is 0 Å². The standard InChI is InChI=1S/C16H14N4OS/c1-21-13-9-7-11(8-10-13)14-15(22-16(17)18-14)20-19-12-5-3-2-4-6-12/h2-10H,1H3,(H2,17,18). The summed E-state index contributed by atoms with van der Waals surface area (Å²) in [5.41, 5.74) is 8.26. The number of ether oxygens (including phenoxy) is 1. The maximum Gasteiger partial charge on any atom is 0.182 e. The van der Waals surface area contributed by atoms with Crippen LogP contribution in [0.3, 0.4) is 0 Å². The maximum absolute atomic E-state index is 5.82. The highest BCUT2D eigenvalue weighted by atomic mass is 32.1. The summed E-state index contributed by atoms with van der Waals surface area (Å²) in [4.78, 5) is 4.35. The second-order valence-electron chi connectivity index (χ2n) is 4.47. The number of benzene rings is 2. The van der Waals surface area contributed by atoms with Gasteiger partial charge in [-0.25, -0.2) is 4.98 Å². The summed E-state index contributed by atoms with van der Waals surface area (Å²) in [6.45, 7) is 0. The van der Waals surface area contributed by atoms with Crippen molar-refractivity contribution in [2.24, 2.45) is 10.2 Å². The number of nitrogen functional groups attached to an aromatic ring is 1. The summed E-state index contributed by atoms with van der Waals surface area (Å²) in [6, 6.07) is 17.2. The van der Waals surface area contributed by atoms with Crippen LogP contribution >= 0.6 is 11.3 Å². The number of nitrogens with zero attached hydrogens (tertiary/aromatic N) is 3. The molecule has 0 unspecified atom stereocenters. The predicted molar refractivity (Wildman–Crippen MR) is 89.1 cm³/mol. The van der Waals surface area contributed by atoms with Gasteiger partial charge >= 0.3 is 0 Å². The molecule has 0 aliphatic carbocycles. The van der Waals surface area contributed by atoms with Crippen LogP contribution in [0.2, 0.25) is 0 Å². The largest absolute Gasteiger partial charge is 0.497 e. The van der Waals surface area contributed by atoms with Crippen LogP contribution in [0, 0.1) is 0 Å². The molecule has 0 radical (unpaired) electrons. The average Bonchev–Trinajstić information content (AvgIpc) is 2.95. The molecule has 0 saturated heterocycles. The quantitative estimate of drug-likeness (QED) is 0.702. The minimum atomic E-state index is 0.466. The van der Waals surface area contributed by atoms with Gasteiger partial charge in [0.25, 0.3) is 0 Å². The lowest BCUT2D eigenvalue weighted by atomic mass is 10.1. The lowest BCUT2D eigenvalue weighted by Gasteiger charge is -2.01. The fourth-order valence-corrected chi connectivity index (χ4v) is 2.61. The molecule has 0 saturated carbocycles. The van der Waals surface area contributed by atoms with Crippen LogP contribution in [0.25, 0.3) is 11.3 Å². The number of hydrogen-bond acceptors (Lipinski definition) is 6. The van der Waals surface area contributed by atoms with Crippen molar-refractivity contribution in [3.05, 3.63) is 54.6 Å². The topological polar surface area (TPSA) is 72.9 Å². The first-order valence-corrected chi connectivity index (χ1v) is 7.45. The Morgan fingerprint density at radius 2 is 1.73 bits per heavy atom. The monoisotopic (exact) mass is 310 g/mol. The van der Waals surface area contributed by atoms with E-state index in [0.29, 0.717) is 10.1 Å². The minimum absolute atomic E-state index is 0.466. The van der Waals surface area contributed by atoms with Crippen LogP contribution in [0.1, 0.15) is 0 Å². The van der Waals surface area contributed by atoms with E-state index in [9.17, 15) is 0 Å². The van der Waals surface area contributed by atoms with Gasteiger partial charge in [-0.15, -0.1) is 10.2 Å². The fourth-order valence-electron chi connectivity index (χ4n) is 1.93. The van der Waals surface area contributed by atoms with Gasteiger partial charge in [0, 0.05) is 5.56 Å². The number of azo groups is 1. The number of methoxy groups -OCH3 is 1. The molecule has 0 atom stereocenters. The van der Waals surface area contributed by atoms with Gasteiger partial charge in [0.15, 0.2) is 10.1 Å². The molecule has 3 aromatic rings. The molecule has 5 nitrogen and oxygen atoms in total. The van der Waals surface area contributed by atoms with Crippen molar-refractivity contribution < 1.29 is 4.74 Å². The molecule has 0 bridgehead atoms. The summed E-state index contributed by atoms with van der Waals surface area (Å²) < 4.78 is 5.16. The van der Waals surface area contributed by atoms with E-state index in [1.54, 1.807) is 7.11 Å². The van der Waals surface area contributed by atoms with E-state index >= 15 is 0 Å². The van der Waals surface area contributed by atoms with Crippen molar-refractivity contribution in [3.8, 4) is 17.0 Å². The molecule has 0 amide bonds. The normalized spacial score (nSPS) is 11.0. The van der Waals surface area contributed by atoms with Crippen LogP contribution in [0.4, 0.5) is 15.8 Å². The molecule has 3 rings (SSSR count). The van der Waals surface area contributed by atoms with Crippen LogP contribution in [0.5, 0.6) is 5.75 Å². The van der Waals surface area contributed by atoms with Crippen molar-refractivity contribution in [2.75, 3.05) is 12.8 Å². The first-order valence-electron chi connectivity index (χ1n) is 6.64. The van der Waals surface area contributed by atoms with E-state index in [1.165, 1.54) is 11.3 Å². The highest BCUT2D eigenvalue weighted by molar-refractivity contribution is 7.19. The molecule has 2 aromatic carbocycles. The van der Waals surface area contributed by atoms with Crippen LogP contribution in [-0.4, -0.2) is 12.1 Å². The third-order valence-corrected chi connectivity index (χ3v) is 3.77. The SMILES string of the molecule is COc1ccc(-c2nc(N)sc2N=Nc2ccccc2)cc1. The Morgan fingerprint density at radius 3 is 2.41 bits per heavy atom. The van der Waals surface area contributed by atoms with Crippen molar-refractivity contribution >= 4 is 27.2 Å². The molecule has 22 heavy (non-hydrogen) atoms. The lowest BCUT2D eigenvalue weighted by molar-refractivity contribution is 0.415. The molecule has 0 fully saturated rings. The molecular formula is C16H14N4OS. The van der Waals surface area contributed by atoms with E-state index < -0.39 is 0 Å². The zero-order valence-corrected chi connectivity index (χ0v) is 12.7. The second-order valence-corrected chi connectivity index (χ2v) is 5.48. The van der Waals surface area contributed by atoms with Gasteiger partial charge < -0.3 is 10.5 Å². The highest BCUT2D eigenvalue weighted by Gasteiger charge is 2.11. The third kappa shape index (κ3) is 3.12. The summed E-state index contributed by atoms with van der Waals surface area (Å²) in [5.74, 6) is 0.791. The Morgan fingerprint density at radius 1 is 1.00 bits per heavy atom. The molecule has 1 heterocycles. The Balaban J connectivity index is 1.94. The summed E-state index contributed by atoms with van der Waals surface area (Å²) in [5, 5.41) is 9.66. The fraction of sp³-hybridized carbons (Fsp3) is 0.0625. The lowest BCUT2D eigenvalue weighted by Crippen LogP contribution is -1.84. The van der Waals surface area contributed by atoms with Crippen LogP contribution in [0.15, 0.2) is 64.8 Å². The van der Waals surface area contributed by atoms with E-state index in [-0.39, 0.29) is 0 Å². The minimum Gasteiger partial charge on any atom is -0.497 e. The van der Waals surface area contributed by atoms with Gasteiger partial charge in [0.1, 0.15) is 11.4 Å². The number of rotatable bonds is 4. The number of aromatic nitrogens is 1. The molecule has 110 valence electrons. The van der Waals surface area contributed by atoms with Gasteiger partial charge in [-0.1, -0.05) is 29.5 Å². The number of thiazole rings is 1. The average molecular weight is 310 g/mol. The first-order chi connectivity index (χ1) is 10.8. The summed E-state index contributed by atoms with van der Waals surface area (Å²) >= 11 is 1.31. The number of anilines is 1. The van der Waals surface area contributed by atoms with Crippen LogP contribution < -0.4 is 10.5 Å². The van der Waals surface area contributed by atoms with E-state index in [4.69, 9.17) is 10.5 Å². The van der Waals surface area contributed by atoms with Gasteiger partial charge in [0.2, 0.25) is 0 Å². The molecule has 2 N–H and O–H groups in total. The zero-order valence-electron chi connectivity index (χ0n) is 11.9. The Bertz CT molecular complexity index is 782. The predicted octanol–water partition coefficient (Wildman–Crippen LogP) is 4.82. The van der Waals surface area contributed by atoms with Gasteiger partial charge in [-0.3, -0.25) is 0 Å². The number of nitrogens with two attached hydrogens (primary N) is 1. The van der Waals surface area contributed by atoms with Crippen molar-refractivity contribution in [1.29, 1.82) is 0 Å². The van der Waals surface area contributed by atoms with Gasteiger partial charge in [-0.05, 0) is 36.4 Å². The van der Waals surface area contributed by atoms with Crippen molar-refractivity contribution in [2.45, 2.75) is 0 Å². The molecular weight excluding hydrogens is 296 g/mol. The Hall–Kier alpha value is -2.73. The third-order valence-electron chi connectivity index (χ3n) is 3.00. The molecule has 6 heteroatoms. The number of hydrogen-bond donors (Lipinski definition) is 1. The molecule has 0 spiro atoms. The van der Waals surface area contributed by atoms with E-state index in [1.807, 2.05) is 54.6 Å². The Kier molecular flexibility index (Phi) is 4.11. The molecule has 1 aromatic heterocycles. The maximum atomic E-state index is 5.82.